The van der Waals surface area contributed by atoms with Gasteiger partial charge in [-0.3, -0.25) is 9.59 Å². The van der Waals surface area contributed by atoms with Crippen molar-refractivity contribution in [3.8, 4) is 5.75 Å². The van der Waals surface area contributed by atoms with Crippen LogP contribution in [0.1, 0.15) is 24.3 Å². The Balaban J connectivity index is 1.40. The fraction of sp³-hybridized carbons (Fsp3) is 0.231. The largest absolute Gasteiger partial charge is 0.508 e. The van der Waals surface area contributed by atoms with Gasteiger partial charge in [-0.25, -0.2) is 0 Å². The van der Waals surface area contributed by atoms with E-state index in [1.54, 1.807) is 12.1 Å². The highest BCUT2D eigenvalue weighted by Crippen LogP contribution is 2.29. The maximum Gasteiger partial charge on any atom is 0.242 e. The lowest BCUT2D eigenvalue weighted by Crippen LogP contribution is -2.40. The van der Waals surface area contributed by atoms with Gasteiger partial charge >= 0.3 is 0 Å². The van der Waals surface area contributed by atoms with Gasteiger partial charge in [-0.1, -0.05) is 36.4 Å². The number of likely N-dealkylation sites (tertiary alicyclic amines) is 1. The van der Waals surface area contributed by atoms with Gasteiger partial charge in [-0.2, -0.15) is 0 Å². The summed E-state index contributed by atoms with van der Waals surface area (Å²) in [5.41, 5.74) is 2.80. The Hall–Kier alpha value is -3.60. The number of hydrogen-bond acceptors (Lipinski definition) is 3. The highest BCUT2D eigenvalue weighted by atomic mass is 16.3. The van der Waals surface area contributed by atoms with E-state index in [1.807, 2.05) is 70.1 Å². The van der Waals surface area contributed by atoms with Crippen molar-refractivity contribution < 1.29 is 9.90 Å². The van der Waals surface area contributed by atoms with Crippen LogP contribution in [0, 0.1) is 0 Å². The van der Waals surface area contributed by atoms with Crippen molar-refractivity contribution in [1.29, 1.82) is 0 Å². The Labute approximate surface area is 180 Å². The van der Waals surface area contributed by atoms with Crippen LogP contribution in [0.5, 0.6) is 5.75 Å². The number of carbonyl (C=O) groups is 1. The van der Waals surface area contributed by atoms with Gasteiger partial charge in [0.15, 0.2) is 5.43 Å². The van der Waals surface area contributed by atoms with Crippen LogP contribution in [0.2, 0.25) is 0 Å². The van der Waals surface area contributed by atoms with Gasteiger partial charge in [0.1, 0.15) is 12.3 Å². The number of amides is 1. The number of phenolic OH excluding ortho intramolecular Hbond substituents is 1. The van der Waals surface area contributed by atoms with Gasteiger partial charge in [0.25, 0.3) is 0 Å². The second-order valence-electron chi connectivity index (χ2n) is 8.20. The summed E-state index contributed by atoms with van der Waals surface area (Å²) in [7, 11) is 0. The van der Waals surface area contributed by atoms with Crippen LogP contribution >= 0.6 is 0 Å². The molecule has 1 aliphatic rings. The van der Waals surface area contributed by atoms with E-state index in [1.165, 1.54) is 5.56 Å². The zero-order chi connectivity index (χ0) is 21.4. The maximum atomic E-state index is 13.2. The highest BCUT2D eigenvalue weighted by molar-refractivity contribution is 5.94. The predicted molar refractivity (Wildman–Crippen MR) is 122 cm³/mol. The lowest BCUT2D eigenvalue weighted by atomic mass is 9.89. The average Bonchev–Trinajstić information content (AvgIpc) is 2.82. The third-order valence-electron chi connectivity index (χ3n) is 6.38. The van der Waals surface area contributed by atoms with Gasteiger partial charge in [0, 0.05) is 23.9 Å². The second-order valence-corrected chi connectivity index (χ2v) is 8.20. The van der Waals surface area contributed by atoms with Gasteiger partial charge < -0.3 is 14.6 Å². The molecule has 31 heavy (non-hydrogen) atoms. The molecule has 5 rings (SSSR count). The molecule has 0 aliphatic carbocycles. The number of phenols is 1. The van der Waals surface area contributed by atoms with E-state index in [0.29, 0.717) is 29.8 Å². The number of piperidine rings is 1. The van der Waals surface area contributed by atoms with E-state index in [9.17, 15) is 14.7 Å². The molecule has 1 saturated heterocycles. The van der Waals surface area contributed by atoms with E-state index in [0.717, 1.165) is 23.9 Å². The molecule has 5 nitrogen and oxygen atoms in total. The van der Waals surface area contributed by atoms with E-state index in [4.69, 9.17) is 0 Å². The monoisotopic (exact) mass is 412 g/mol. The van der Waals surface area contributed by atoms with Crippen molar-refractivity contribution in [2.24, 2.45) is 0 Å². The number of nitrogens with zero attached hydrogens (tertiary/aromatic N) is 2. The summed E-state index contributed by atoms with van der Waals surface area (Å²) in [5, 5.41) is 10.8. The minimum atomic E-state index is 0.00427. The van der Waals surface area contributed by atoms with Crippen LogP contribution in [0.4, 0.5) is 0 Å². The molecule has 0 saturated carbocycles. The summed E-state index contributed by atoms with van der Waals surface area (Å²) < 4.78 is 1.97. The number of fused-ring (bicyclic) bond motifs is 2. The number of aromatic hydroxyl groups is 1. The molecule has 0 bridgehead atoms. The van der Waals surface area contributed by atoms with Crippen LogP contribution in [0.15, 0.2) is 77.6 Å². The molecule has 0 radical (unpaired) electrons. The third-order valence-corrected chi connectivity index (χ3v) is 6.38. The van der Waals surface area contributed by atoms with E-state index >= 15 is 0 Å². The minimum absolute atomic E-state index is 0.00427. The molecule has 1 fully saturated rings. The van der Waals surface area contributed by atoms with Crippen molar-refractivity contribution >= 4 is 27.7 Å². The van der Waals surface area contributed by atoms with Gasteiger partial charge in [-0.05, 0) is 60.7 Å². The summed E-state index contributed by atoms with van der Waals surface area (Å²) >= 11 is 0. The molecule has 0 unspecified atom stereocenters. The van der Waals surface area contributed by atoms with Gasteiger partial charge in [0.2, 0.25) is 5.91 Å². The first kappa shape index (κ1) is 19.4. The zero-order valence-electron chi connectivity index (χ0n) is 17.2. The van der Waals surface area contributed by atoms with Crippen molar-refractivity contribution in [3.05, 3.63) is 88.6 Å². The average molecular weight is 412 g/mol. The molecule has 4 aromatic rings. The van der Waals surface area contributed by atoms with Crippen molar-refractivity contribution in [1.82, 2.24) is 9.47 Å². The molecule has 0 spiro atoms. The van der Waals surface area contributed by atoms with Crippen LogP contribution in [0.3, 0.4) is 0 Å². The standard InChI is InChI=1S/C26H24N2O3/c29-20-11-9-18(10-12-20)19-13-15-27(16-14-19)25(30)17-28-23-7-3-1-5-21(23)26(31)22-6-2-4-8-24(22)28/h1-12,19,29H,13-17H2. The summed E-state index contributed by atoms with van der Waals surface area (Å²) in [6.07, 6.45) is 1.81. The summed E-state index contributed by atoms with van der Waals surface area (Å²) in [6, 6.07) is 22.4. The highest BCUT2D eigenvalue weighted by Gasteiger charge is 2.24. The van der Waals surface area contributed by atoms with Gasteiger partial charge in [0.05, 0.1) is 11.0 Å². The number of carbonyl (C=O) groups excluding carboxylic acids is 1. The number of pyridine rings is 1. The fourth-order valence-corrected chi connectivity index (χ4v) is 4.69. The van der Waals surface area contributed by atoms with Crippen LogP contribution in [-0.2, 0) is 11.3 Å². The summed E-state index contributed by atoms with van der Waals surface area (Å²) in [6.45, 7) is 1.63. The van der Waals surface area contributed by atoms with E-state index < -0.39 is 0 Å². The lowest BCUT2D eigenvalue weighted by molar-refractivity contribution is -0.132. The van der Waals surface area contributed by atoms with Crippen LogP contribution in [0.25, 0.3) is 21.8 Å². The molecule has 1 aromatic heterocycles. The summed E-state index contributed by atoms with van der Waals surface area (Å²) in [4.78, 5) is 28.0. The Morgan fingerprint density at radius 1 is 0.839 bits per heavy atom. The topological polar surface area (TPSA) is 62.5 Å². The number of benzene rings is 3. The fourth-order valence-electron chi connectivity index (χ4n) is 4.69. The van der Waals surface area contributed by atoms with Crippen molar-refractivity contribution in [2.45, 2.75) is 25.3 Å². The second kappa shape index (κ2) is 7.91. The molecular formula is C26H24N2O3. The first-order valence-electron chi connectivity index (χ1n) is 10.7. The van der Waals surface area contributed by atoms with E-state index in [2.05, 4.69) is 0 Å². The number of para-hydroxylation sites is 2. The lowest BCUT2D eigenvalue weighted by Gasteiger charge is -2.32. The molecule has 1 amide bonds. The Morgan fingerprint density at radius 3 is 1.97 bits per heavy atom. The van der Waals surface area contributed by atoms with Crippen LogP contribution < -0.4 is 5.43 Å². The zero-order valence-corrected chi connectivity index (χ0v) is 17.2. The Bertz CT molecular complexity index is 1260. The smallest absolute Gasteiger partial charge is 0.242 e. The normalized spacial score (nSPS) is 14.9. The third kappa shape index (κ3) is 3.56. The molecule has 3 aromatic carbocycles. The molecule has 1 N–H and O–H groups in total. The molecule has 2 heterocycles. The van der Waals surface area contributed by atoms with Crippen molar-refractivity contribution in [2.75, 3.05) is 13.1 Å². The summed E-state index contributed by atoms with van der Waals surface area (Å²) in [5.74, 6) is 0.749. The molecule has 1 aliphatic heterocycles. The first-order valence-corrected chi connectivity index (χ1v) is 10.7. The molecular weight excluding hydrogens is 388 g/mol. The van der Waals surface area contributed by atoms with Crippen LogP contribution in [-0.4, -0.2) is 33.6 Å². The first-order chi connectivity index (χ1) is 15.1. The van der Waals surface area contributed by atoms with Gasteiger partial charge in [-0.15, -0.1) is 0 Å². The SMILES string of the molecule is O=C(Cn1c2ccccc2c(=O)c2ccccc21)N1CCC(c2ccc(O)cc2)CC1. The molecule has 0 atom stereocenters. The predicted octanol–water partition coefficient (Wildman–Crippen LogP) is 4.27. The minimum Gasteiger partial charge on any atom is -0.508 e. The van der Waals surface area contributed by atoms with E-state index in [-0.39, 0.29) is 23.6 Å². The Kier molecular flexibility index (Phi) is 4.94. The molecule has 156 valence electrons. The molecule has 5 heteroatoms. The van der Waals surface area contributed by atoms with Crippen molar-refractivity contribution in [3.63, 3.8) is 0 Å². The Morgan fingerprint density at radius 2 is 1.39 bits per heavy atom. The number of rotatable bonds is 3. The quantitative estimate of drug-likeness (QED) is 0.511. The maximum absolute atomic E-state index is 13.2. The number of aromatic nitrogens is 1. The number of hydrogen-bond donors (Lipinski definition) is 1.